The van der Waals surface area contributed by atoms with Crippen LogP contribution in [0.15, 0.2) is 66.9 Å². The smallest absolute Gasteiger partial charge is 0.306 e. The van der Waals surface area contributed by atoms with Crippen molar-refractivity contribution < 1.29 is 15.0 Å². The highest BCUT2D eigenvalue weighted by Gasteiger charge is 2.36. The summed E-state index contributed by atoms with van der Waals surface area (Å²) in [5.41, 5.74) is 8.60. The van der Waals surface area contributed by atoms with Gasteiger partial charge in [0.15, 0.2) is 0 Å². The molecule has 41 heavy (non-hydrogen) atoms. The summed E-state index contributed by atoms with van der Waals surface area (Å²) < 4.78 is 3.80. The number of aliphatic hydroxyl groups excluding tert-OH is 1. The summed E-state index contributed by atoms with van der Waals surface area (Å²) in [7, 11) is 0. The number of hydrogen-bond acceptors (Lipinski definition) is 5. The maximum Gasteiger partial charge on any atom is 0.306 e. The van der Waals surface area contributed by atoms with Crippen molar-refractivity contribution in [2.24, 2.45) is 5.92 Å². The Bertz CT molecular complexity index is 1730. The van der Waals surface area contributed by atoms with Gasteiger partial charge in [0.25, 0.3) is 0 Å². The van der Waals surface area contributed by atoms with Gasteiger partial charge >= 0.3 is 5.97 Å². The number of rotatable bonds is 8. The molecule has 0 radical (unpaired) electrons. The van der Waals surface area contributed by atoms with Crippen LogP contribution in [0.1, 0.15) is 72.8 Å². The van der Waals surface area contributed by atoms with Crippen LogP contribution in [0.25, 0.3) is 27.8 Å². The molecule has 3 heterocycles. The van der Waals surface area contributed by atoms with Gasteiger partial charge in [0.05, 0.1) is 41.2 Å². The monoisotopic (exact) mass is 549 g/mol. The van der Waals surface area contributed by atoms with Gasteiger partial charge in [-0.2, -0.15) is 10.2 Å². The molecule has 1 atom stereocenters. The number of aromatic nitrogens is 5. The zero-order valence-corrected chi connectivity index (χ0v) is 23.8. The molecule has 5 aromatic rings. The van der Waals surface area contributed by atoms with Crippen molar-refractivity contribution in [2.45, 2.75) is 65.0 Å². The third-order valence-corrected chi connectivity index (χ3v) is 8.35. The van der Waals surface area contributed by atoms with Crippen molar-refractivity contribution in [1.29, 1.82) is 0 Å². The third-order valence-electron chi connectivity index (χ3n) is 8.35. The normalized spacial score (nSPS) is 17.6. The van der Waals surface area contributed by atoms with Crippen molar-refractivity contribution in [3.8, 4) is 16.9 Å². The van der Waals surface area contributed by atoms with E-state index in [1.54, 1.807) is 0 Å². The Morgan fingerprint density at radius 1 is 1.00 bits per heavy atom. The maximum absolute atomic E-state index is 11.2. The molecule has 1 saturated carbocycles. The van der Waals surface area contributed by atoms with E-state index in [1.807, 2.05) is 71.0 Å². The number of carboxylic acid groups (broad SMARTS) is 1. The highest BCUT2D eigenvalue weighted by atomic mass is 16.4. The lowest BCUT2D eigenvalue weighted by Crippen LogP contribution is -2.29. The Balaban J connectivity index is 1.36. The predicted molar refractivity (Wildman–Crippen MR) is 158 cm³/mol. The van der Waals surface area contributed by atoms with Gasteiger partial charge < -0.3 is 10.2 Å². The van der Waals surface area contributed by atoms with Crippen molar-refractivity contribution >= 4 is 16.9 Å². The summed E-state index contributed by atoms with van der Waals surface area (Å²) in [5, 5.41) is 31.0. The van der Waals surface area contributed by atoms with Gasteiger partial charge in [0.2, 0.25) is 0 Å². The topological polar surface area (TPSA) is 106 Å². The van der Waals surface area contributed by atoms with E-state index in [-0.39, 0.29) is 17.8 Å². The van der Waals surface area contributed by atoms with Gasteiger partial charge in [-0.3, -0.25) is 14.5 Å². The molecule has 210 valence electrons. The van der Waals surface area contributed by atoms with Gasteiger partial charge in [-0.05, 0) is 56.4 Å². The Morgan fingerprint density at radius 3 is 2.44 bits per heavy atom. The molecule has 2 N–H and O–H groups in total. The standard InChI is InChI=1S/C33H35N5O3/c1-19(2)31-21(4)38(29-14-13-27(34-20(29)3)23-15-24(16-23)33(40)41)36-32(31)25-11-8-12-28-26(25)17-37(35-28)18-30(39)22-9-6-5-7-10-22/h5-14,17,19,23-24,30,39H,15-16,18H2,1-4H3,(H,40,41). The van der Waals surface area contributed by atoms with Crippen molar-refractivity contribution in [3.05, 3.63) is 95.1 Å². The summed E-state index contributed by atoms with van der Waals surface area (Å²) >= 11 is 0. The predicted octanol–water partition coefficient (Wildman–Crippen LogP) is 6.34. The quantitative estimate of drug-likeness (QED) is 0.234. The van der Waals surface area contributed by atoms with Crippen LogP contribution in [0.5, 0.6) is 0 Å². The molecular formula is C33H35N5O3. The highest BCUT2D eigenvalue weighted by molar-refractivity contribution is 5.94. The average Bonchev–Trinajstić information content (AvgIpc) is 3.48. The molecule has 1 aliphatic rings. The second-order valence-corrected chi connectivity index (χ2v) is 11.5. The third kappa shape index (κ3) is 4.93. The van der Waals surface area contributed by atoms with E-state index >= 15 is 0 Å². The summed E-state index contributed by atoms with van der Waals surface area (Å²) in [5.74, 6) is -0.554. The molecule has 0 saturated heterocycles. The molecule has 1 fully saturated rings. The molecule has 0 spiro atoms. The Labute approximate surface area is 239 Å². The minimum absolute atomic E-state index is 0.193. The average molecular weight is 550 g/mol. The maximum atomic E-state index is 11.2. The van der Waals surface area contributed by atoms with E-state index < -0.39 is 12.1 Å². The van der Waals surface area contributed by atoms with Gasteiger partial charge in [0.1, 0.15) is 0 Å². The minimum Gasteiger partial charge on any atom is -0.481 e. The molecule has 0 amide bonds. The van der Waals surface area contributed by atoms with Crippen LogP contribution in [0, 0.1) is 19.8 Å². The van der Waals surface area contributed by atoms with Gasteiger partial charge in [-0.15, -0.1) is 0 Å². The zero-order valence-electron chi connectivity index (χ0n) is 23.8. The number of aryl methyl sites for hydroxylation is 1. The Morgan fingerprint density at radius 2 is 1.76 bits per heavy atom. The number of fused-ring (bicyclic) bond motifs is 1. The van der Waals surface area contributed by atoms with Crippen molar-refractivity contribution in [2.75, 3.05) is 0 Å². The summed E-state index contributed by atoms with van der Waals surface area (Å²) in [4.78, 5) is 16.1. The lowest BCUT2D eigenvalue weighted by Gasteiger charge is -2.32. The first-order chi connectivity index (χ1) is 19.7. The van der Waals surface area contributed by atoms with Crippen LogP contribution < -0.4 is 0 Å². The van der Waals surface area contributed by atoms with E-state index in [9.17, 15) is 15.0 Å². The molecule has 0 aliphatic heterocycles. The van der Waals surface area contributed by atoms with Crippen molar-refractivity contribution in [1.82, 2.24) is 24.5 Å². The molecule has 3 aromatic heterocycles. The molecule has 1 unspecified atom stereocenters. The summed E-state index contributed by atoms with van der Waals surface area (Å²) in [6.45, 7) is 8.81. The summed E-state index contributed by atoms with van der Waals surface area (Å²) in [6.07, 6.45) is 2.63. The highest BCUT2D eigenvalue weighted by Crippen LogP contribution is 2.42. The fraction of sp³-hybridized carbons (Fsp3) is 0.333. The molecular weight excluding hydrogens is 514 g/mol. The first-order valence-electron chi connectivity index (χ1n) is 14.2. The number of pyridine rings is 1. The number of nitrogens with zero attached hydrogens (tertiary/aromatic N) is 5. The number of carboxylic acids is 1. The van der Waals surface area contributed by atoms with Crippen molar-refractivity contribution in [3.63, 3.8) is 0 Å². The second-order valence-electron chi connectivity index (χ2n) is 11.5. The Kier molecular flexibility index (Phi) is 6.95. The zero-order chi connectivity index (χ0) is 28.8. The van der Waals surface area contributed by atoms with E-state index in [0.717, 1.165) is 50.5 Å². The SMILES string of the molecule is Cc1nc(C2CC(C(=O)O)C2)ccc1-n1nc(-c2cccc3nn(CC(O)c4ccccc4)cc23)c(C(C)C)c1C. The fourth-order valence-corrected chi connectivity index (χ4v) is 6.07. The molecule has 8 heteroatoms. The van der Waals surface area contributed by atoms with Gasteiger partial charge in [-0.25, -0.2) is 4.68 Å². The fourth-order valence-electron chi connectivity index (χ4n) is 6.07. The second kappa shape index (κ2) is 10.6. The van der Waals surface area contributed by atoms with Crippen LogP contribution in [0.3, 0.4) is 0 Å². The molecule has 8 nitrogen and oxygen atoms in total. The van der Waals surface area contributed by atoms with Gasteiger partial charge in [0, 0.05) is 40.0 Å². The number of carbonyl (C=O) groups is 1. The van der Waals surface area contributed by atoms with E-state index in [1.165, 1.54) is 5.56 Å². The molecule has 1 aliphatic carbocycles. The van der Waals surface area contributed by atoms with E-state index in [4.69, 9.17) is 15.2 Å². The number of benzene rings is 2. The van der Waals surface area contributed by atoms with Crippen LogP contribution in [0.4, 0.5) is 0 Å². The minimum atomic E-state index is -0.719. The van der Waals surface area contributed by atoms with E-state index in [0.29, 0.717) is 19.4 Å². The van der Waals surface area contributed by atoms with Crippen LogP contribution in [0.2, 0.25) is 0 Å². The summed E-state index contributed by atoms with van der Waals surface area (Å²) in [6, 6.07) is 19.8. The number of aliphatic carboxylic acids is 1. The molecule has 2 aromatic carbocycles. The first kappa shape index (κ1) is 26.9. The lowest BCUT2D eigenvalue weighted by molar-refractivity contribution is -0.145. The largest absolute Gasteiger partial charge is 0.481 e. The van der Waals surface area contributed by atoms with E-state index in [2.05, 4.69) is 32.9 Å². The lowest BCUT2D eigenvalue weighted by atomic mass is 9.73. The number of hydrogen-bond donors (Lipinski definition) is 2. The van der Waals surface area contributed by atoms with Crippen LogP contribution >= 0.6 is 0 Å². The number of aliphatic hydroxyl groups is 1. The van der Waals surface area contributed by atoms with Crippen LogP contribution in [-0.2, 0) is 11.3 Å². The molecule has 0 bridgehead atoms. The first-order valence-corrected chi connectivity index (χ1v) is 14.2. The van der Waals surface area contributed by atoms with Crippen LogP contribution in [-0.4, -0.2) is 40.7 Å². The Hall–Kier alpha value is -4.30. The molecule has 6 rings (SSSR count). The van der Waals surface area contributed by atoms with Gasteiger partial charge in [-0.1, -0.05) is 56.3 Å².